The standard InChI is InChI=1S/C11H18N6O4/c12-8(18)4-3-7(10(19)20)16-11(21)13-5-1-2-9-14-6-15-17-9/h6-7H,1-5H2,(H2,12,18)(H,19,20)(H2,13,16,21)(H,14,15,17)/t7-/m1/s1. The zero-order valence-electron chi connectivity index (χ0n) is 11.3. The minimum Gasteiger partial charge on any atom is -0.480 e. The molecule has 1 rings (SSSR count). The predicted molar refractivity (Wildman–Crippen MR) is 71.1 cm³/mol. The van der Waals surface area contributed by atoms with Gasteiger partial charge < -0.3 is 21.5 Å². The van der Waals surface area contributed by atoms with E-state index < -0.39 is 23.9 Å². The molecule has 1 aromatic rings. The highest BCUT2D eigenvalue weighted by molar-refractivity contribution is 5.83. The van der Waals surface area contributed by atoms with Crippen molar-refractivity contribution in [3.8, 4) is 0 Å². The van der Waals surface area contributed by atoms with Crippen molar-refractivity contribution in [2.45, 2.75) is 31.7 Å². The van der Waals surface area contributed by atoms with Crippen LogP contribution in [0.5, 0.6) is 0 Å². The van der Waals surface area contributed by atoms with E-state index in [0.29, 0.717) is 25.2 Å². The minimum atomic E-state index is -1.21. The number of hydrogen-bond donors (Lipinski definition) is 5. The molecule has 0 aromatic carbocycles. The van der Waals surface area contributed by atoms with Crippen LogP contribution in [-0.2, 0) is 16.0 Å². The van der Waals surface area contributed by atoms with E-state index in [1.807, 2.05) is 0 Å². The summed E-state index contributed by atoms with van der Waals surface area (Å²) >= 11 is 0. The van der Waals surface area contributed by atoms with Crippen LogP contribution in [-0.4, -0.2) is 50.8 Å². The molecule has 10 heteroatoms. The van der Waals surface area contributed by atoms with Gasteiger partial charge in [-0.15, -0.1) is 0 Å². The zero-order chi connectivity index (χ0) is 15.7. The number of nitrogens with one attached hydrogen (secondary N) is 3. The van der Waals surface area contributed by atoms with Crippen LogP contribution in [0, 0.1) is 0 Å². The molecule has 1 atom stereocenters. The van der Waals surface area contributed by atoms with Crippen molar-refractivity contribution in [2.24, 2.45) is 5.73 Å². The van der Waals surface area contributed by atoms with Crippen molar-refractivity contribution in [1.82, 2.24) is 25.8 Å². The van der Waals surface area contributed by atoms with Crippen LogP contribution >= 0.6 is 0 Å². The fourth-order valence-corrected chi connectivity index (χ4v) is 1.56. The molecule has 1 heterocycles. The number of carboxylic acids is 1. The van der Waals surface area contributed by atoms with E-state index >= 15 is 0 Å². The summed E-state index contributed by atoms with van der Waals surface area (Å²) in [7, 11) is 0. The second-order valence-corrected chi connectivity index (χ2v) is 4.33. The quantitative estimate of drug-likeness (QED) is 0.358. The first-order chi connectivity index (χ1) is 9.99. The van der Waals surface area contributed by atoms with Gasteiger partial charge in [-0.1, -0.05) is 0 Å². The Morgan fingerprint density at radius 2 is 2.19 bits per heavy atom. The Labute approximate surface area is 120 Å². The summed E-state index contributed by atoms with van der Waals surface area (Å²) in [5.41, 5.74) is 4.94. The lowest BCUT2D eigenvalue weighted by Gasteiger charge is -2.14. The Bertz CT molecular complexity index is 475. The van der Waals surface area contributed by atoms with Crippen molar-refractivity contribution in [1.29, 1.82) is 0 Å². The van der Waals surface area contributed by atoms with Crippen LogP contribution in [0.2, 0.25) is 0 Å². The first-order valence-corrected chi connectivity index (χ1v) is 6.38. The number of carbonyl (C=O) groups is 3. The van der Waals surface area contributed by atoms with Crippen molar-refractivity contribution < 1.29 is 19.5 Å². The van der Waals surface area contributed by atoms with Crippen LogP contribution < -0.4 is 16.4 Å². The Morgan fingerprint density at radius 3 is 2.76 bits per heavy atom. The Kier molecular flexibility index (Phi) is 6.65. The molecule has 21 heavy (non-hydrogen) atoms. The second kappa shape index (κ2) is 8.51. The van der Waals surface area contributed by atoms with Gasteiger partial charge in [0.15, 0.2) is 0 Å². The number of aromatic nitrogens is 3. The summed E-state index contributed by atoms with van der Waals surface area (Å²) in [6.45, 7) is 0.356. The number of carbonyl (C=O) groups excluding carboxylic acids is 2. The van der Waals surface area contributed by atoms with E-state index in [-0.39, 0.29) is 12.8 Å². The average molecular weight is 298 g/mol. The number of H-pyrrole nitrogens is 1. The summed E-state index contributed by atoms with van der Waals surface area (Å²) in [6, 6.07) is -1.75. The topological polar surface area (TPSA) is 163 Å². The Hall–Kier alpha value is -2.65. The molecular formula is C11H18N6O4. The largest absolute Gasteiger partial charge is 0.480 e. The fourth-order valence-electron chi connectivity index (χ4n) is 1.56. The molecule has 0 saturated carbocycles. The van der Waals surface area contributed by atoms with Gasteiger partial charge in [-0.2, -0.15) is 5.10 Å². The molecule has 0 fully saturated rings. The van der Waals surface area contributed by atoms with Gasteiger partial charge in [0.05, 0.1) is 0 Å². The van der Waals surface area contributed by atoms with Crippen LogP contribution in [0.4, 0.5) is 4.79 Å². The first-order valence-electron chi connectivity index (χ1n) is 6.38. The maximum atomic E-state index is 11.5. The normalized spacial score (nSPS) is 11.6. The summed E-state index contributed by atoms with van der Waals surface area (Å²) in [6.07, 6.45) is 2.48. The highest BCUT2D eigenvalue weighted by Gasteiger charge is 2.20. The lowest BCUT2D eigenvalue weighted by Crippen LogP contribution is -2.46. The molecule has 3 amide bonds. The van der Waals surface area contributed by atoms with Crippen LogP contribution in [0.25, 0.3) is 0 Å². The SMILES string of the molecule is NC(=O)CC[C@@H](NC(=O)NCCCc1ncn[nH]1)C(=O)O. The maximum absolute atomic E-state index is 11.5. The van der Waals surface area contributed by atoms with E-state index in [1.54, 1.807) is 0 Å². The molecule has 0 aliphatic carbocycles. The van der Waals surface area contributed by atoms with Gasteiger partial charge in [0.1, 0.15) is 18.2 Å². The number of aryl methyl sites for hydroxylation is 1. The number of aromatic amines is 1. The molecule has 0 spiro atoms. The second-order valence-electron chi connectivity index (χ2n) is 4.33. The van der Waals surface area contributed by atoms with Gasteiger partial charge in [0, 0.05) is 19.4 Å². The maximum Gasteiger partial charge on any atom is 0.326 e. The van der Waals surface area contributed by atoms with Crippen molar-refractivity contribution in [3.05, 3.63) is 12.2 Å². The number of nitrogens with zero attached hydrogens (tertiary/aromatic N) is 2. The third kappa shape index (κ3) is 6.89. The van der Waals surface area contributed by atoms with E-state index in [4.69, 9.17) is 10.8 Å². The molecule has 0 radical (unpaired) electrons. The summed E-state index contributed by atoms with van der Waals surface area (Å²) < 4.78 is 0. The van der Waals surface area contributed by atoms with Crippen molar-refractivity contribution in [3.63, 3.8) is 0 Å². The number of carboxylic acid groups (broad SMARTS) is 1. The molecule has 1 aromatic heterocycles. The number of primary amides is 1. The van der Waals surface area contributed by atoms with E-state index in [9.17, 15) is 14.4 Å². The van der Waals surface area contributed by atoms with E-state index in [2.05, 4.69) is 25.8 Å². The van der Waals surface area contributed by atoms with Gasteiger partial charge in [-0.25, -0.2) is 14.6 Å². The van der Waals surface area contributed by atoms with Crippen LogP contribution in [0.3, 0.4) is 0 Å². The number of hydrogen-bond acceptors (Lipinski definition) is 5. The molecule has 0 aliphatic rings. The molecular weight excluding hydrogens is 280 g/mol. The van der Waals surface area contributed by atoms with Crippen LogP contribution in [0.15, 0.2) is 6.33 Å². The highest BCUT2D eigenvalue weighted by Crippen LogP contribution is 1.97. The molecule has 6 N–H and O–H groups in total. The first kappa shape index (κ1) is 16.4. The molecule has 0 bridgehead atoms. The third-order valence-corrected chi connectivity index (χ3v) is 2.62. The fraction of sp³-hybridized carbons (Fsp3) is 0.545. The number of urea groups is 1. The number of aliphatic carboxylic acids is 1. The van der Waals surface area contributed by atoms with Crippen molar-refractivity contribution in [2.75, 3.05) is 6.54 Å². The molecule has 0 unspecified atom stereocenters. The highest BCUT2D eigenvalue weighted by atomic mass is 16.4. The number of amides is 3. The monoisotopic (exact) mass is 298 g/mol. The predicted octanol–water partition coefficient (Wildman–Crippen LogP) is -1.24. The summed E-state index contributed by atoms with van der Waals surface area (Å²) in [5, 5.41) is 20.1. The van der Waals surface area contributed by atoms with Gasteiger partial charge in [-0.05, 0) is 12.8 Å². The van der Waals surface area contributed by atoms with Gasteiger partial charge in [-0.3, -0.25) is 9.89 Å². The lowest BCUT2D eigenvalue weighted by atomic mass is 10.1. The molecule has 0 aliphatic heterocycles. The third-order valence-electron chi connectivity index (χ3n) is 2.62. The minimum absolute atomic E-state index is 0.0455. The molecule has 116 valence electrons. The lowest BCUT2D eigenvalue weighted by molar-refractivity contribution is -0.139. The number of rotatable bonds is 9. The molecule has 0 saturated heterocycles. The van der Waals surface area contributed by atoms with Gasteiger partial charge >= 0.3 is 12.0 Å². The average Bonchev–Trinajstić information content (AvgIpc) is 2.92. The zero-order valence-corrected chi connectivity index (χ0v) is 11.3. The Balaban J connectivity index is 2.23. The number of nitrogens with two attached hydrogens (primary N) is 1. The van der Waals surface area contributed by atoms with E-state index in [1.165, 1.54) is 6.33 Å². The molecule has 10 nitrogen and oxygen atoms in total. The Morgan fingerprint density at radius 1 is 1.43 bits per heavy atom. The van der Waals surface area contributed by atoms with Gasteiger partial charge in [0.25, 0.3) is 0 Å². The summed E-state index contributed by atoms with van der Waals surface area (Å²) in [4.78, 5) is 37.0. The van der Waals surface area contributed by atoms with Crippen molar-refractivity contribution >= 4 is 17.9 Å². The summed E-state index contributed by atoms with van der Waals surface area (Å²) in [5.74, 6) is -1.12. The van der Waals surface area contributed by atoms with Gasteiger partial charge in [0.2, 0.25) is 5.91 Å². The van der Waals surface area contributed by atoms with Crippen LogP contribution in [0.1, 0.15) is 25.1 Å². The smallest absolute Gasteiger partial charge is 0.326 e. The van der Waals surface area contributed by atoms with E-state index in [0.717, 1.165) is 0 Å².